The summed E-state index contributed by atoms with van der Waals surface area (Å²) in [5, 5.41) is 0. The van der Waals surface area contributed by atoms with Gasteiger partial charge in [-0.05, 0) is 26.2 Å². The van der Waals surface area contributed by atoms with Crippen LogP contribution in [0.15, 0.2) is 12.7 Å². The van der Waals surface area contributed by atoms with E-state index in [1.54, 1.807) is 6.08 Å². The Hall–Kier alpha value is -0.630. The van der Waals surface area contributed by atoms with Crippen LogP contribution in [0, 0.1) is 5.92 Å². The molecule has 0 aliphatic carbocycles. The normalized spacial score (nSPS) is 14.8. The number of Topliss-reactive ketones (excluding diaryl/α,β-unsaturated/α-hetero) is 1. The lowest BCUT2D eigenvalue weighted by Crippen LogP contribution is -2.16. The van der Waals surface area contributed by atoms with E-state index >= 15 is 0 Å². The molecule has 14 heavy (non-hydrogen) atoms. The molecule has 0 saturated carbocycles. The van der Waals surface area contributed by atoms with Crippen molar-refractivity contribution in [2.24, 2.45) is 11.7 Å². The molecule has 0 radical (unpaired) electrons. The summed E-state index contributed by atoms with van der Waals surface area (Å²) >= 11 is 0. The van der Waals surface area contributed by atoms with Gasteiger partial charge in [0.05, 0.1) is 0 Å². The van der Waals surface area contributed by atoms with Crippen LogP contribution in [0.1, 0.15) is 46.0 Å². The molecule has 2 N–H and O–H groups in total. The van der Waals surface area contributed by atoms with Crippen LogP contribution < -0.4 is 5.73 Å². The SMILES string of the molecule is C=CCCC(=O)C(C)CCCC(C)N. The summed E-state index contributed by atoms with van der Waals surface area (Å²) in [4.78, 5) is 11.5. The van der Waals surface area contributed by atoms with Gasteiger partial charge in [0.15, 0.2) is 0 Å². The highest BCUT2D eigenvalue weighted by Gasteiger charge is 2.11. The molecule has 0 saturated heterocycles. The van der Waals surface area contributed by atoms with Crippen LogP contribution in [0.5, 0.6) is 0 Å². The van der Waals surface area contributed by atoms with Crippen molar-refractivity contribution in [3.8, 4) is 0 Å². The number of carbonyl (C=O) groups is 1. The fourth-order valence-electron chi connectivity index (χ4n) is 1.40. The van der Waals surface area contributed by atoms with Crippen LogP contribution in [0.3, 0.4) is 0 Å². The third-order valence-electron chi connectivity index (χ3n) is 2.44. The predicted octanol–water partition coefficient (Wildman–Crippen LogP) is 2.68. The lowest BCUT2D eigenvalue weighted by atomic mass is 9.95. The van der Waals surface area contributed by atoms with Crippen molar-refractivity contribution < 1.29 is 4.79 Å². The molecule has 2 heteroatoms. The van der Waals surface area contributed by atoms with Crippen molar-refractivity contribution in [2.75, 3.05) is 0 Å². The molecule has 0 amide bonds. The van der Waals surface area contributed by atoms with Gasteiger partial charge >= 0.3 is 0 Å². The van der Waals surface area contributed by atoms with Crippen molar-refractivity contribution in [1.29, 1.82) is 0 Å². The first-order valence-corrected chi connectivity index (χ1v) is 5.47. The molecule has 2 unspecified atom stereocenters. The fourth-order valence-corrected chi connectivity index (χ4v) is 1.40. The summed E-state index contributed by atoms with van der Waals surface area (Å²) in [6, 6.07) is 0.255. The van der Waals surface area contributed by atoms with Crippen LogP contribution in [0.4, 0.5) is 0 Å². The molecular weight excluding hydrogens is 174 g/mol. The summed E-state index contributed by atoms with van der Waals surface area (Å²) in [5.41, 5.74) is 5.64. The Bertz CT molecular complexity index is 175. The van der Waals surface area contributed by atoms with E-state index in [4.69, 9.17) is 5.73 Å². The van der Waals surface area contributed by atoms with Crippen molar-refractivity contribution in [3.05, 3.63) is 12.7 Å². The van der Waals surface area contributed by atoms with E-state index in [2.05, 4.69) is 6.58 Å². The average molecular weight is 197 g/mol. The zero-order valence-electron chi connectivity index (χ0n) is 9.46. The first-order valence-electron chi connectivity index (χ1n) is 5.47. The highest BCUT2D eigenvalue weighted by molar-refractivity contribution is 5.80. The first-order chi connectivity index (χ1) is 6.57. The van der Waals surface area contributed by atoms with Crippen LogP contribution in [0.2, 0.25) is 0 Å². The zero-order chi connectivity index (χ0) is 11.0. The quantitative estimate of drug-likeness (QED) is 0.608. The van der Waals surface area contributed by atoms with E-state index in [1.807, 2.05) is 13.8 Å². The highest BCUT2D eigenvalue weighted by Crippen LogP contribution is 2.12. The summed E-state index contributed by atoms with van der Waals surface area (Å²) in [7, 11) is 0. The van der Waals surface area contributed by atoms with Gasteiger partial charge in [-0.2, -0.15) is 0 Å². The van der Waals surface area contributed by atoms with Crippen LogP contribution in [-0.2, 0) is 4.79 Å². The summed E-state index contributed by atoms with van der Waals surface area (Å²) in [6.45, 7) is 7.62. The zero-order valence-corrected chi connectivity index (χ0v) is 9.46. The third-order valence-corrected chi connectivity index (χ3v) is 2.44. The molecule has 0 heterocycles. The maximum Gasteiger partial charge on any atom is 0.136 e. The molecule has 0 spiro atoms. The number of ketones is 1. The minimum Gasteiger partial charge on any atom is -0.328 e. The lowest BCUT2D eigenvalue weighted by molar-refractivity contribution is -0.122. The second-order valence-electron chi connectivity index (χ2n) is 4.10. The number of rotatable bonds is 8. The molecule has 0 aliphatic heterocycles. The second-order valence-corrected chi connectivity index (χ2v) is 4.10. The van der Waals surface area contributed by atoms with Gasteiger partial charge in [-0.25, -0.2) is 0 Å². The molecule has 0 aliphatic rings. The van der Waals surface area contributed by atoms with Gasteiger partial charge in [0.2, 0.25) is 0 Å². The summed E-state index contributed by atoms with van der Waals surface area (Å²) < 4.78 is 0. The standard InChI is InChI=1S/C12H23NO/c1-4-5-9-12(14)10(2)7-6-8-11(3)13/h4,10-11H,1,5-9,13H2,2-3H3. The van der Waals surface area contributed by atoms with Crippen molar-refractivity contribution in [2.45, 2.75) is 52.0 Å². The minimum absolute atomic E-state index is 0.189. The average Bonchev–Trinajstić information content (AvgIpc) is 2.13. The smallest absolute Gasteiger partial charge is 0.136 e. The maximum atomic E-state index is 11.5. The minimum atomic E-state index is 0.189. The van der Waals surface area contributed by atoms with E-state index < -0.39 is 0 Å². The Morgan fingerprint density at radius 2 is 2.07 bits per heavy atom. The monoisotopic (exact) mass is 197 g/mol. The molecule has 2 nitrogen and oxygen atoms in total. The summed E-state index contributed by atoms with van der Waals surface area (Å²) in [5.74, 6) is 0.545. The molecule has 0 bridgehead atoms. The Labute approximate surface area is 87.6 Å². The van der Waals surface area contributed by atoms with Crippen LogP contribution >= 0.6 is 0 Å². The number of nitrogens with two attached hydrogens (primary N) is 1. The van der Waals surface area contributed by atoms with Gasteiger partial charge in [-0.15, -0.1) is 6.58 Å². The van der Waals surface area contributed by atoms with Gasteiger partial charge < -0.3 is 5.73 Å². The largest absolute Gasteiger partial charge is 0.328 e. The van der Waals surface area contributed by atoms with E-state index in [-0.39, 0.29) is 12.0 Å². The molecule has 0 aromatic heterocycles. The molecule has 0 rings (SSSR count). The van der Waals surface area contributed by atoms with Gasteiger partial charge in [-0.1, -0.05) is 19.4 Å². The van der Waals surface area contributed by atoms with Gasteiger partial charge in [0.25, 0.3) is 0 Å². The second kappa shape index (κ2) is 7.74. The maximum absolute atomic E-state index is 11.5. The van der Waals surface area contributed by atoms with E-state index in [9.17, 15) is 4.79 Å². The van der Waals surface area contributed by atoms with Crippen LogP contribution in [-0.4, -0.2) is 11.8 Å². The highest BCUT2D eigenvalue weighted by atomic mass is 16.1. The lowest BCUT2D eigenvalue weighted by Gasteiger charge is -2.10. The Morgan fingerprint density at radius 1 is 1.43 bits per heavy atom. The molecule has 0 fully saturated rings. The van der Waals surface area contributed by atoms with Crippen molar-refractivity contribution in [1.82, 2.24) is 0 Å². The van der Waals surface area contributed by atoms with E-state index in [1.165, 1.54) is 0 Å². The first kappa shape index (κ1) is 13.4. The number of allylic oxidation sites excluding steroid dienone is 1. The number of hydrogen-bond donors (Lipinski definition) is 1. The van der Waals surface area contributed by atoms with E-state index in [0.29, 0.717) is 12.2 Å². The van der Waals surface area contributed by atoms with Crippen molar-refractivity contribution >= 4 is 5.78 Å². The van der Waals surface area contributed by atoms with Gasteiger partial charge in [0, 0.05) is 18.4 Å². The Morgan fingerprint density at radius 3 is 2.57 bits per heavy atom. The Balaban J connectivity index is 3.56. The molecule has 82 valence electrons. The van der Waals surface area contributed by atoms with Crippen LogP contribution in [0.25, 0.3) is 0 Å². The molecular formula is C12H23NO. The third kappa shape index (κ3) is 6.84. The number of hydrogen-bond acceptors (Lipinski definition) is 2. The van der Waals surface area contributed by atoms with Gasteiger partial charge in [0.1, 0.15) is 5.78 Å². The fraction of sp³-hybridized carbons (Fsp3) is 0.750. The molecule has 0 aromatic carbocycles. The van der Waals surface area contributed by atoms with E-state index in [0.717, 1.165) is 25.7 Å². The number of carbonyl (C=O) groups excluding carboxylic acids is 1. The van der Waals surface area contributed by atoms with Gasteiger partial charge in [-0.3, -0.25) is 4.79 Å². The molecule has 0 aromatic rings. The predicted molar refractivity (Wildman–Crippen MR) is 61.1 cm³/mol. The summed E-state index contributed by atoms with van der Waals surface area (Å²) in [6.07, 6.45) is 6.28. The van der Waals surface area contributed by atoms with Crippen molar-refractivity contribution in [3.63, 3.8) is 0 Å². The molecule has 2 atom stereocenters. The Kier molecular flexibility index (Phi) is 7.40. The topological polar surface area (TPSA) is 43.1 Å².